The van der Waals surface area contributed by atoms with Crippen molar-refractivity contribution in [3.63, 3.8) is 0 Å². The van der Waals surface area contributed by atoms with Crippen molar-refractivity contribution in [2.45, 2.75) is 13.5 Å². The summed E-state index contributed by atoms with van der Waals surface area (Å²) in [5.74, 6) is 0.655. The van der Waals surface area contributed by atoms with Crippen molar-refractivity contribution in [3.8, 4) is 10.6 Å². The second-order valence-corrected chi connectivity index (χ2v) is 6.80. The number of carbonyl (C=O) groups excluding carboxylic acids is 1. The Kier molecular flexibility index (Phi) is 4.63. The maximum atomic E-state index is 12.1. The molecular weight excluding hydrogens is 330 g/mol. The van der Waals surface area contributed by atoms with Crippen LogP contribution in [-0.4, -0.2) is 32.3 Å². The summed E-state index contributed by atoms with van der Waals surface area (Å²) < 4.78 is 4.04. The third-order valence-corrected chi connectivity index (χ3v) is 4.81. The fraction of sp³-hybridized carbons (Fsp3) is 0.200. The maximum absolute atomic E-state index is 12.1. The average Bonchev–Trinajstić information content (AvgIpc) is 3.17. The van der Waals surface area contributed by atoms with E-state index < -0.39 is 0 Å². The molecule has 3 rings (SSSR count). The molecule has 3 aromatic rings. The van der Waals surface area contributed by atoms with E-state index in [0.29, 0.717) is 17.5 Å². The highest BCUT2D eigenvalue weighted by Crippen LogP contribution is 2.25. The Hall–Kier alpha value is -2.32. The fourth-order valence-electron chi connectivity index (χ4n) is 1.94. The van der Waals surface area contributed by atoms with Crippen molar-refractivity contribution in [2.75, 3.05) is 12.4 Å². The van der Waals surface area contributed by atoms with Gasteiger partial charge in [-0.2, -0.15) is 4.37 Å². The molecule has 0 aliphatic heterocycles. The van der Waals surface area contributed by atoms with E-state index in [9.17, 15) is 4.79 Å². The summed E-state index contributed by atoms with van der Waals surface area (Å²) >= 11 is 2.76. The van der Waals surface area contributed by atoms with Crippen LogP contribution in [0.2, 0.25) is 0 Å². The van der Waals surface area contributed by atoms with Crippen molar-refractivity contribution >= 4 is 34.0 Å². The topological polar surface area (TPSA) is 71.0 Å². The number of rotatable bonds is 4. The molecule has 0 bridgehead atoms. The van der Waals surface area contributed by atoms with Gasteiger partial charge >= 0.3 is 6.03 Å². The van der Waals surface area contributed by atoms with Crippen LogP contribution in [0.3, 0.4) is 0 Å². The molecule has 0 spiro atoms. The lowest BCUT2D eigenvalue weighted by Crippen LogP contribution is -2.30. The predicted octanol–water partition coefficient (Wildman–Crippen LogP) is 3.63. The summed E-state index contributed by atoms with van der Waals surface area (Å²) in [5, 5.41) is 4.20. The monoisotopic (exact) mass is 345 g/mol. The molecule has 0 unspecified atom stereocenters. The minimum Gasteiger partial charge on any atom is -0.322 e. The van der Waals surface area contributed by atoms with Crippen LogP contribution in [-0.2, 0) is 6.54 Å². The molecule has 1 N–H and O–H groups in total. The van der Waals surface area contributed by atoms with Crippen molar-refractivity contribution in [2.24, 2.45) is 0 Å². The van der Waals surface area contributed by atoms with Gasteiger partial charge in [-0.1, -0.05) is 30.3 Å². The number of amides is 2. The van der Waals surface area contributed by atoms with E-state index in [1.54, 1.807) is 30.2 Å². The smallest absolute Gasteiger partial charge is 0.322 e. The van der Waals surface area contributed by atoms with E-state index >= 15 is 0 Å². The molecule has 23 heavy (non-hydrogen) atoms. The van der Waals surface area contributed by atoms with Gasteiger partial charge in [-0.05, 0) is 6.92 Å². The van der Waals surface area contributed by atoms with E-state index in [4.69, 9.17) is 0 Å². The number of carbonyl (C=O) groups is 1. The Bertz CT molecular complexity index is 799. The maximum Gasteiger partial charge on any atom is 0.323 e. The molecule has 2 aromatic heterocycles. The Labute approximate surface area is 142 Å². The lowest BCUT2D eigenvalue weighted by atomic mass is 10.2. The van der Waals surface area contributed by atoms with Crippen molar-refractivity contribution in [3.05, 3.63) is 47.2 Å². The average molecular weight is 345 g/mol. The third-order valence-electron chi connectivity index (χ3n) is 3.06. The minimum atomic E-state index is -0.212. The first-order valence-electron chi connectivity index (χ1n) is 6.94. The summed E-state index contributed by atoms with van der Waals surface area (Å²) in [6, 6.07) is 9.79. The second kappa shape index (κ2) is 6.84. The molecular formula is C15H15N5OS2. The summed E-state index contributed by atoms with van der Waals surface area (Å²) in [6.07, 6.45) is 1.81. The van der Waals surface area contributed by atoms with Crippen molar-refractivity contribution in [1.29, 1.82) is 0 Å². The SMILES string of the molecule is Cc1nsc(NC(=O)N(C)Cc2cnc(-c3ccccc3)s2)n1. The van der Waals surface area contributed by atoms with Crippen LogP contribution in [0.1, 0.15) is 10.7 Å². The van der Waals surface area contributed by atoms with Gasteiger partial charge in [0.2, 0.25) is 5.13 Å². The molecule has 0 atom stereocenters. The molecule has 2 amide bonds. The number of hydrogen-bond acceptors (Lipinski definition) is 6. The zero-order valence-electron chi connectivity index (χ0n) is 12.7. The highest BCUT2D eigenvalue weighted by atomic mass is 32.1. The first kappa shape index (κ1) is 15.6. The van der Waals surface area contributed by atoms with Crippen LogP contribution >= 0.6 is 22.9 Å². The molecule has 6 nitrogen and oxygen atoms in total. The van der Waals surface area contributed by atoms with Gasteiger partial charge in [-0.25, -0.2) is 14.8 Å². The van der Waals surface area contributed by atoms with Crippen molar-refractivity contribution in [1.82, 2.24) is 19.2 Å². The minimum absolute atomic E-state index is 0.212. The Balaban J connectivity index is 1.62. The number of hydrogen-bond donors (Lipinski definition) is 1. The summed E-state index contributed by atoms with van der Waals surface area (Å²) in [4.78, 5) is 23.3. The van der Waals surface area contributed by atoms with Gasteiger partial charge in [0.15, 0.2) is 0 Å². The lowest BCUT2D eigenvalue weighted by molar-refractivity contribution is 0.221. The molecule has 0 aliphatic rings. The van der Waals surface area contributed by atoms with Crippen LogP contribution in [0.25, 0.3) is 10.6 Å². The van der Waals surface area contributed by atoms with Crippen LogP contribution in [0, 0.1) is 6.92 Å². The number of aromatic nitrogens is 3. The third kappa shape index (κ3) is 3.91. The lowest BCUT2D eigenvalue weighted by Gasteiger charge is -2.15. The fourth-order valence-corrected chi connectivity index (χ4v) is 3.47. The number of nitrogens with one attached hydrogen (secondary N) is 1. The molecule has 0 aliphatic carbocycles. The van der Waals surface area contributed by atoms with Gasteiger partial charge in [-0.15, -0.1) is 11.3 Å². The largest absolute Gasteiger partial charge is 0.323 e. The number of benzene rings is 1. The Morgan fingerprint density at radius 2 is 2.09 bits per heavy atom. The predicted molar refractivity (Wildman–Crippen MR) is 92.7 cm³/mol. The normalized spacial score (nSPS) is 10.5. The van der Waals surface area contributed by atoms with E-state index in [1.807, 2.05) is 36.5 Å². The number of aryl methyl sites for hydroxylation is 1. The van der Waals surface area contributed by atoms with E-state index in [2.05, 4.69) is 19.7 Å². The van der Waals surface area contributed by atoms with Gasteiger partial charge in [-0.3, -0.25) is 5.32 Å². The second-order valence-electron chi connectivity index (χ2n) is 4.93. The van der Waals surface area contributed by atoms with Crippen LogP contribution in [0.5, 0.6) is 0 Å². The van der Waals surface area contributed by atoms with Crippen LogP contribution in [0.15, 0.2) is 36.5 Å². The first-order valence-corrected chi connectivity index (χ1v) is 8.53. The molecule has 118 valence electrons. The first-order chi connectivity index (χ1) is 11.1. The van der Waals surface area contributed by atoms with Crippen molar-refractivity contribution < 1.29 is 4.79 Å². The van der Waals surface area contributed by atoms with Crippen LogP contribution < -0.4 is 5.32 Å². The van der Waals surface area contributed by atoms with Gasteiger partial charge in [0.05, 0.1) is 6.54 Å². The van der Waals surface area contributed by atoms with Gasteiger partial charge in [0.1, 0.15) is 10.8 Å². The summed E-state index contributed by atoms with van der Waals surface area (Å²) in [7, 11) is 1.74. The molecule has 0 fully saturated rings. The zero-order chi connectivity index (χ0) is 16.2. The molecule has 0 saturated heterocycles. The van der Waals surface area contributed by atoms with Gasteiger partial charge in [0.25, 0.3) is 0 Å². The van der Waals surface area contributed by atoms with E-state index in [-0.39, 0.29) is 6.03 Å². The van der Waals surface area contributed by atoms with E-state index in [0.717, 1.165) is 15.4 Å². The molecule has 2 heterocycles. The van der Waals surface area contributed by atoms with Gasteiger partial charge < -0.3 is 4.90 Å². The number of anilines is 1. The van der Waals surface area contributed by atoms with Crippen LogP contribution in [0.4, 0.5) is 9.93 Å². The molecule has 0 radical (unpaired) electrons. The zero-order valence-corrected chi connectivity index (χ0v) is 14.3. The standard InChI is InChI=1S/C15H15N5OS2/c1-10-17-14(23-19-10)18-15(21)20(2)9-12-8-16-13(22-12)11-6-4-3-5-7-11/h3-8H,9H2,1-2H3,(H,17,18,19,21). The number of urea groups is 1. The quantitative estimate of drug-likeness (QED) is 0.784. The molecule has 8 heteroatoms. The number of thiazole rings is 1. The van der Waals surface area contributed by atoms with Gasteiger partial charge in [0, 0.05) is 35.2 Å². The number of nitrogens with zero attached hydrogens (tertiary/aromatic N) is 4. The molecule has 0 saturated carbocycles. The Morgan fingerprint density at radius 3 is 2.78 bits per heavy atom. The summed E-state index contributed by atoms with van der Waals surface area (Å²) in [5.41, 5.74) is 1.08. The molecule has 1 aromatic carbocycles. The highest BCUT2D eigenvalue weighted by Gasteiger charge is 2.13. The highest BCUT2D eigenvalue weighted by molar-refractivity contribution is 7.15. The summed E-state index contributed by atoms with van der Waals surface area (Å²) in [6.45, 7) is 2.28. The Morgan fingerprint density at radius 1 is 1.30 bits per heavy atom. The van der Waals surface area contributed by atoms with E-state index in [1.165, 1.54) is 11.5 Å².